The van der Waals surface area contributed by atoms with Crippen LogP contribution in [-0.4, -0.2) is 37.0 Å². The van der Waals surface area contributed by atoms with Crippen LogP contribution in [0.25, 0.3) is 0 Å². The first-order valence-electron chi connectivity index (χ1n) is 5.41. The maximum absolute atomic E-state index is 5.81. The zero-order valence-electron chi connectivity index (χ0n) is 9.96. The number of rotatable bonds is 2. The third-order valence-electron chi connectivity index (χ3n) is 2.48. The molecule has 84 valence electrons. The van der Waals surface area contributed by atoms with Crippen LogP contribution < -0.4 is 5.32 Å². The van der Waals surface area contributed by atoms with Gasteiger partial charge in [0.15, 0.2) is 0 Å². The van der Waals surface area contributed by atoms with E-state index in [0.717, 1.165) is 6.54 Å². The van der Waals surface area contributed by atoms with E-state index in [2.05, 4.69) is 39.9 Å². The molecular weight excluding hydrogens is 178 g/mol. The van der Waals surface area contributed by atoms with E-state index in [0.29, 0.717) is 12.6 Å². The van der Waals surface area contributed by atoms with E-state index in [1.165, 1.54) is 0 Å². The molecule has 0 aromatic heterocycles. The van der Waals surface area contributed by atoms with Crippen LogP contribution in [0.4, 0.5) is 0 Å². The Hall–Kier alpha value is -0.120. The highest BCUT2D eigenvalue weighted by Gasteiger charge is 2.25. The lowest BCUT2D eigenvalue weighted by Crippen LogP contribution is -2.51. The molecule has 0 aromatic rings. The molecule has 0 saturated carbocycles. The lowest BCUT2D eigenvalue weighted by atomic mass is 10.1. The van der Waals surface area contributed by atoms with Crippen molar-refractivity contribution in [2.75, 3.05) is 13.2 Å². The Morgan fingerprint density at radius 2 is 2.00 bits per heavy atom. The van der Waals surface area contributed by atoms with E-state index in [4.69, 9.17) is 9.47 Å². The highest BCUT2D eigenvalue weighted by atomic mass is 16.5. The topological polar surface area (TPSA) is 30.5 Å². The van der Waals surface area contributed by atoms with Gasteiger partial charge in [-0.15, -0.1) is 0 Å². The zero-order chi connectivity index (χ0) is 10.8. The molecule has 0 radical (unpaired) electrons. The first-order chi connectivity index (χ1) is 6.38. The van der Waals surface area contributed by atoms with Gasteiger partial charge in [-0.3, -0.25) is 0 Å². The second-order valence-corrected chi connectivity index (χ2v) is 5.08. The third-order valence-corrected chi connectivity index (χ3v) is 2.48. The summed E-state index contributed by atoms with van der Waals surface area (Å²) in [4.78, 5) is 0. The summed E-state index contributed by atoms with van der Waals surface area (Å²) in [6, 6.07) is 0.445. The van der Waals surface area contributed by atoms with Crippen molar-refractivity contribution in [1.82, 2.24) is 5.32 Å². The second kappa shape index (κ2) is 4.60. The standard InChI is InChI=1S/C11H23NO2/c1-8-9(2)14-10(6-12-8)7-13-11(3,4)5/h8-10,12H,6-7H2,1-5H3. The summed E-state index contributed by atoms with van der Waals surface area (Å²) in [6.45, 7) is 12.0. The number of hydrogen-bond acceptors (Lipinski definition) is 3. The van der Waals surface area contributed by atoms with Crippen LogP contribution in [0.15, 0.2) is 0 Å². The fraction of sp³-hybridized carbons (Fsp3) is 1.00. The fourth-order valence-electron chi connectivity index (χ4n) is 1.39. The van der Waals surface area contributed by atoms with Crippen molar-refractivity contribution in [1.29, 1.82) is 0 Å². The molecule has 3 atom stereocenters. The lowest BCUT2D eigenvalue weighted by molar-refractivity contribution is -0.113. The highest BCUT2D eigenvalue weighted by molar-refractivity contribution is 4.79. The van der Waals surface area contributed by atoms with Crippen LogP contribution in [0.3, 0.4) is 0 Å². The summed E-state index contributed by atoms with van der Waals surface area (Å²) in [6.07, 6.45) is 0.470. The number of hydrogen-bond donors (Lipinski definition) is 1. The SMILES string of the molecule is CC1NCC(COC(C)(C)C)OC1C. The van der Waals surface area contributed by atoms with Crippen LogP contribution in [0, 0.1) is 0 Å². The van der Waals surface area contributed by atoms with Gasteiger partial charge in [0.05, 0.1) is 24.4 Å². The van der Waals surface area contributed by atoms with Gasteiger partial charge >= 0.3 is 0 Å². The molecule has 1 rings (SSSR count). The van der Waals surface area contributed by atoms with Crippen molar-refractivity contribution in [2.45, 2.75) is 58.5 Å². The molecule has 0 spiro atoms. The van der Waals surface area contributed by atoms with Crippen LogP contribution >= 0.6 is 0 Å². The van der Waals surface area contributed by atoms with E-state index in [1.54, 1.807) is 0 Å². The van der Waals surface area contributed by atoms with Gasteiger partial charge in [0.1, 0.15) is 0 Å². The van der Waals surface area contributed by atoms with Crippen molar-refractivity contribution in [3.63, 3.8) is 0 Å². The number of ether oxygens (including phenoxy) is 2. The molecule has 1 fully saturated rings. The van der Waals surface area contributed by atoms with Crippen LogP contribution in [0.2, 0.25) is 0 Å². The van der Waals surface area contributed by atoms with E-state index >= 15 is 0 Å². The van der Waals surface area contributed by atoms with E-state index in [9.17, 15) is 0 Å². The minimum Gasteiger partial charge on any atom is -0.373 e. The predicted octanol–water partition coefficient (Wildman–Crippen LogP) is 1.57. The summed E-state index contributed by atoms with van der Waals surface area (Å²) >= 11 is 0. The molecule has 1 aliphatic rings. The Morgan fingerprint density at radius 1 is 1.36 bits per heavy atom. The molecule has 1 aliphatic heterocycles. The highest BCUT2D eigenvalue weighted by Crippen LogP contribution is 2.13. The Bertz CT molecular complexity index is 177. The summed E-state index contributed by atoms with van der Waals surface area (Å²) in [5, 5.41) is 3.41. The van der Waals surface area contributed by atoms with Gasteiger partial charge < -0.3 is 14.8 Å². The monoisotopic (exact) mass is 201 g/mol. The van der Waals surface area contributed by atoms with E-state index in [1.807, 2.05) is 0 Å². The predicted molar refractivity (Wildman–Crippen MR) is 57.5 cm³/mol. The molecule has 3 heteroatoms. The van der Waals surface area contributed by atoms with Crippen LogP contribution in [0.1, 0.15) is 34.6 Å². The van der Waals surface area contributed by atoms with Crippen molar-refractivity contribution in [3.8, 4) is 0 Å². The van der Waals surface area contributed by atoms with Crippen molar-refractivity contribution >= 4 is 0 Å². The van der Waals surface area contributed by atoms with Gasteiger partial charge in [-0.2, -0.15) is 0 Å². The maximum atomic E-state index is 5.81. The average Bonchev–Trinajstić information content (AvgIpc) is 2.06. The van der Waals surface area contributed by atoms with Crippen molar-refractivity contribution in [2.24, 2.45) is 0 Å². The first kappa shape index (κ1) is 12.0. The molecule has 0 aliphatic carbocycles. The van der Waals surface area contributed by atoms with Gasteiger partial charge in [0.25, 0.3) is 0 Å². The second-order valence-electron chi connectivity index (χ2n) is 5.08. The van der Waals surface area contributed by atoms with Gasteiger partial charge in [-0.1, -0.05) is 0 Å². The quantitative estimate of drug-likeness (QED) is 0.735. The largest absolute Gasteiger partial charge is 0.373 e. The average molecular weight is 201 g/mol. The van der Waals surface area contributed by atoms with Gasteiger partial charge in [-0.25, -0.2) is 0 Å². The molecule has 1 heterocycles. The summed E-state index contributed by atoms with van der Waals surface area (Å²) in [5.74, 6) is 0. The molecule has 1 saturated heterocycles. The molecular formula is C11H23NO2. The molecule has 3 unspecified atom stereocenters. The fourth-order valence-corrected chi connectivity index (χ4v) is 1.39. The van der Waals surface area contributed by atoms with Gasteiger partial charge in [0.2, 0.25) is 0 Å². The minimum atomic E-state index is -0.0737. The lowest BCUT2D eigenvalue weighted by Gasteiger charge is -2.35. The normalized spacial score (nSPS) is 34.5. The maximum Gasteiger partial charge on any atom is 0.0937 e. The smallest absolute Gasteiger partial charge is 0.0937 e. The minimum absolute atomic E-state index is 0.0737. The van der Waals surface area contributed by atoms with Gasteiger partial charge in [0, 0.05) is 12.6 Å². The van der Waals surface area contributed by atoms with Crippen LogP contribution in [0.5, 0.6) is 0 Å². The van der Waals surface area contributed by atoms with E-state index in [-0.39, 0.29) is 17.8 Å². The molecule has 14 heavy (non-hydrogen) atoms. The Kier molecular flexibility index (Phi) is 3.93. The third kappa shape index (κ3) is 3.95. The molecule has 3 nitrogen and oxygen atoms in total. The molecule has 0 aromatic carbocycles. The zero-order valence-corrected chi connectivity index (χ0v) is 9.96. The summed E-state index contributed by atoms with van der Waals surface area (Å²) in [5.41, 5.74) is -0.0737. The molecule has 0 bridgehead atoms. The van der Waals surface area contributed by atoms with E-state index < -0.39 is 0 Å². The Morgan fingerprint density at radius 3 is 2.50 bits per heavy atom. The molecule has 0 amide bonds. The number of morpholine rings is 1. The van der Waals surface area contributed by atoms with Crippen LogP contribution in [-0.2, 0) is 9.47 Å². The summed E-state index contributed by atoms with van der Waals surface area (Å²) in [7, 11) is 0. The number of nitrogens with one attached hydrogen (secondary N) is 1. The molecule has 1 N–H and O–H groups in total. The summed E-state index contributed by atoms with van der Waals surface area (Å²) < 4.78 is 11.5. The Balaban J connectivity index is 2.27. The first-order valence-corrected chi connectivity index (χ1v) is 5.41. The van der Waals surface area contributed by atoms with Crippen molar-refractivity contribution < 1.29 is 9.47 Å². The Labute approximate surface area is 87.2 Å². The van der Waals surface area contributed by atoms with Crippen molar-refractivity contribution in [3.05, 3.63) is 0 Å². The van der Waals surface area contributed by atoms with Gasteiger partial charge in [-0.05, 0) is 34.6 Å².